The van der Waals surface area contributed by atoms with Crippen molar-refractivity contribution in [3.05, 3.63) is 34.9 Å². The van der Waals surface area contributed by atoms with Crippen LogP contribution in [0, 0.1) is 0 Å². The van der Waals surface area contributed by atoms with Crippen molar-refractivity contribution < 1.29 is 19.1 Å². The Morgan fingerprint density at radius 1 is 1.30 bits per heavy atom. The van der Waals surface area contributed by atoms with Crippen molar-refractivity contribution in [2.75, 3.05) is 7.11 Å². The fraction of sp³-hybridized carbons (Fsp3) is 0.375. The van der Waals surface area contributed by atoms with E-state index < -0.39 is 11.9 Å². The summed E-state index contributed by atoms with van der Waals surface area (Å²) >= 11 is 0. The zero-order chi connectivity index (χ0) is 14.9. The molecule has 0 saturated heterocycles. The Morgan fingerprint density at radius 2 is 2.00 bits per heavy atom. The number of rotatable bonds is 1. The summed E-state index contributed by atoms with van der Waals surface area (Å²) in [6, 6.07) is 5.64. The molecule has 1 heterocycles. The number of hydrogen-bond acceptors (Lipinski definition) is 4. The van der Waals surface area contributed by atoms with E-state index >= 15 is 0 Å². The van der Waals surface area contributed by atoms with Crippen molar-refractivity contribution in [3.63, 3.8) is 0 Å². The molecule has 0 bridgehead atoms. The van der Waals surface area contributed by atoms with Crippen LogP contribution in [0.2, 0.25) is 0 Å². The van der Waals surface area contributed by atoms with Crippen molar-refractivity contribution in [1.29, 1.82) is 0 Å². The van der Waals surface area contributed by atoms with E-state index in [2.05, 4.69) is 20.8 Å². The summed E-state index contributed by atoms with van der Waals surface area (Å²) in [6.07, 6.45) is 1.59. The van der Waals surface area contributed by atoms with E-state index in [1.54, 1.807) is 12.1 Å². The van der Waals surface area contributed by atoms with E-state index in [1.807, 2.05) is 12.1 Å². The third-order valence-corrected chi connectivity index (χ3v) is 3.21. The van der Waals surface area contributed by atoms with Gasteiger partial charge in [0, 0.05) is 11.1 Å². The summed E-state index contributed by atoms with van der Waals surface area (Å²) in [5.41, 5.74) is 2.12. The van der Waals surface area contributed by atoms with Crippen LogP contribution in [-0.4, -0.2) is 19.0 Å². The molecule has 0 N–H and O–H groups in total. The predicted octanol–water partition coefficient (Wildman–Crippen LogP) is 2.85. The van der Waals surface area contributed by atoms with Gasteiger partial charge in [-0.15, -0.1) is 0 Å². The quantitative estimate of drug-likeness (QED) is 0.583. The van der Waals surface area contributed by atoms with Crippen molar-refractivity contribution in [1.82, 2.24) is 0 Å². The lowest BCUT2D eigenvalue weighted by Gasteiger charge is -2.20. The standard InChI is InChI=1S/C16H18O4/c1-16(2,3)12-5-6-13-10(8-12)7-11(15(18)19-4)9-14(17)20-13/h5-8H,9H2,1-4H3. The SMILES string of the molecule is COC(=O)C1=Cc2cc(C(C)(C)C)ccc2OC(=O)C1. The zero-order valence-corrected chi connectivity index (χ0v) is 12.1. The first kappa shape index (κ1) is 14.3. The molecule has 20 heavy (non-hydrogen) atoms. The molecule has 0 fully saturated rings. The minimum atomic E-state index is -0.504. The number of methoxy groups -OCH3 is 1. The molecule has 1 aromatic rings. The molecule has 2 rings (SSSR count). The molecule has 0 aromatic heterocycles. The summed E-state index contributed by atoms with van der Waals surface area (Å²) < 4.78 is 9.94. The predicted molar refractivity (Wildman–Crippen MR) is 75.4 cm³/mol. The maximum Gasteiger partial charge on any atom is 0.334 e. The average molecular weight is 274 g/mol. The number of fused-ring (bicyclic) bond motifs is 1. The van der Waals surface area contributed by atoms with Gasteiger partial charge in [-0.1, -0.05) is 26.8 Å². The molecule has 0 spiro atoms. The van der Waals surface area contributed by atoms with Crippen LogP contribution in [0.25, 0.3) is 6.08 Å². The van der Waals surface area contributed by atoms with E-state index in [-0.39, 0.29) is 11.8 Å². The molecular weight excluding hydrogens is 256 g/mol. The van der Waals surface area contributed by atoms with Crippen LogP contribution in [0.1, 0.15) is 38.3 Å². The van der Waals surface area contributed by atoms with Gasteiger partial charge in [0.25, 0.3) is 0 Å². The lowest BCUT2D eigenvalue weighted by Crippen LogP contribution is -2.13. The minimum Gasteiger partial charge on any atom is -0.466 e. The number of carbonyl (C=O) groups excluding carboxylic acids is 2. The number of benzene rings is 1. The van der Waals surface area contributed by atoms with Gasteiger partial charge in [0.15, 0.2) is 0 Å². The molecule has 4 heteroatoms. The topological polar surface area (TPSA) is 52.6 Å². The Hall–Kier alpha value is -2.10. The first-order chi connectivity index (χ1) is 9.31. The van der Waals surface area contributed by atoms with Gasteiger partial charge in [-0.2, -0.15) is 0 Å². The number of carbonyl (C=O) groups is 2. The van der Waals surface area contributed by atoms with Gasteiger partial charge in [0.1, 0.15) is 5.75 Å². The zero-order valence-electron chi connectivity index (χ0n) is 12.1. The summed E-state index contributed by atoms with van der Waals surface area (Å²) in [4.78, 5) is 23.3. The maximum absolute atomic E-state index is 11.7. The van der Waals surface area contributed by atoms with Crippen LogP contribution in [0.4, 0.5) is 0 Å². The highest BCUT2D eigenvalue weighted by Gasteiger charge is 2.23. The highest BCUT2D eigenvalue weighted by Crippen LogP contribution is 2.32. The fourth-order valence-corrected chi connectivity index (χ4v) is 2.04. The highest BCUT2D eigenvalue weighted by molar-refractivity contribution is 6.00. The van der Waals surface area contributed by atoms with E-state index in [4.69, 9.17) is 9.47 Å². The number of esters is 2. The normalized spacial score (nSPS) is 14.8. The lowest BCUT2D eigenvalue weighted by atomic mass is 9.86. The van der Waals surface area contributed by atoms with Gasteiger partial charge in [-0.3, -0.25) is 4.79 Å². The molecule has 0 amide bonds. The lowest BCUT2D eigenvalue weighted by molar-refractivity contribution is -0.139. The molecular formula is C16H18O4. The van der Waals surface area contributed by atoms with E-state index in [0.717, 1.165) is 11.1 Å². The molecule has 0 radical (unpaired) electrons. The molecule has 1 aliphatic heterocycles. The monoisotopic (exact) mass is 274 g/mol. The molecule has 0 unspecified atom stereocenters. The maximum atomic E-state index is 11.7. The minimum absolute atomic E-state index is 0.0232. The van der Waals surface area contributed by atoms with E-state index in [0.29, 0.717) is 11.3 Å². The van der Waals surface area contributed by atoms with Gasteiger partial charge < -0.3 is 9.47 Å². The Balaban J connectivity index is 2.53. The van der Waals surface area contributed by atoms with Crippen LogP contribution >= 0.6 is 0 Å². The Kier molecular flexibility index (Phi) is 3.66. The third kappa shape index (κ3) is 2.90. The molecule has 0 saturated carbocycles. The Bertz CT molecular complexity index is 591. The van der Waals surface area contributed by atoms with Crippen molar-refractivity contribution in [2.45, 2.75) is 32.6 Å². The second-order valence-electron chi connectivity index (χ2n) is 5.81. The largest absolute Gasteiger partial charge is 0.466 e. The smallest absolute Gasteiger partial charge is 0.334 e. The number of ether oxygens (including phenoxy) is 2. The van der Waals surface area contributed by atoms with Crippen LogP contribution in [0.5, 0.6) is 5.75 Å². The van der Waals surface area contributed by atoms with Crippen molar-refractivity contribution in [2.24, 2.45) is 0 Å². The van der Waals surface area contributed by atoms with Gasteiger partial charge >= 0.3 is 11.9 Å². The van der Waals surface area contributed by atoms with E-state index in [9.17, 15) is 9.59 Å². The summed E-state index contributed by atoms with van der Waals surface area (Å²) in [5.74, 6) is -0.484. The average Bonchev–Trinajstić information content (AvgIpc) is 2.53. The molecule has 0 aliphatic carbocycles. The first-order valence-corrected chi connectivity index (χ1v) is 6.45. The number of hydrogen-bond donors (Lipinski definition) is 0. The van der Waals surface area contributed by atoms with Crippen LogP contribution in [0.3, 0.4) is 0 Å². The van der Waals surface area contributed by atoms with Gasteiger partial charge in [-0.05, 0) is 29.2 Å². The molecule has 1 aliphatic rings. The first-order valence-electron chi connectivity index (χ1n) is 6.45. The Morgan fingerprint density at radius 3 is 2.60 bits per heavy atom. The summed E-state index contributed by atoms with van der Waals surface area (Å²) in [6.45, 7) is 6.30. The van der Waals surface area contributed by atoms with E-state index in [1.165, 1.54) is 7.11 Å². The van der Waals surface area contributed by atoms with Gasteiger partial charge in [0.05, 0.1) is 13.5 Å². The molecule has 4 nitrogen and oxygen atoms in total. The third-order valence-electron chi connectivity index (χ3n) is 3.21. The second kappa shape index (κ2) is 5.12. The molecule has 1 aromatic carbocycles. The van der Waals surface area contributed by atoms with Crippen LogP contribution < -0.4 is 4.74 Å². The van der Waals surface area contributed by atoms with Gasteiger partial charge in [-0.25, -0.2) is 4.79 Å². The summed E-state index contributed by atoms with van der Waals surface area (Å²) in [7, 11) is 1.30. The van der Waals surface area contributed by atoms with Crippen molar-refractivity contribution >= 4 is 18.0 Å². The van der Waals surface area contributed by atoms with Crippen molar-refractivity contribution in [3.8, 4) is 5.75 Å². The second-order valence-corrected chi connectivity index (χ2v) is 5.81. The molecule has 106 valence electrons. The molecule has 0 atom stereocenters. The fourth-order valence-electron chi connectivity index (χ4n) is 2.04. The summed E-state index contributed by atoms with van der Waals surface area (Å²) in [5, 5.41) is 0. The Labute approximate surface area is 118 Å². The van der Waals surface area contributed by atoms with Crippen LogP contribution in [-0.2, 0) is 19.7 Å². The van der Waals surface area contributed by atoms with Gasteiger partial charge in [0.2, 0.25) is 0 Å². The van der Waals surface area contributed by atoms with Crippen LogP contribution in [0.15, 0.2) is 23.8 Å². The highest BCUT2D eigenvalue weighted by atomic mass is 16.5.